The standard InChI is InChI=1S/C13H17F3O/c1-12(2,3)10-5-6-11(17-4)9(7-10)8-13(14,15)16/h5-7H,8H2,1-4H3. The van der Waals surface area contributed by atoms with E-state index in [2.05, 4.69) is 0 Å². The summed E-state index contributed by atoms with van der Waals surface area (Å²) in [4.78, 5) is 0. The summed E-state index contributed by atoms with van der Waals surface area (Å²) in [6, 6.07) is 4.98. The molecular formula is C13H17F3O. The van der Waals surface area contributed by atoms with Crippen LogP contribution in [0.5, 0.6) is 5.75 Å². The third-order valence-corrected chi connectivity index (χ3v) is 2.54. The molecule has 1 aromatic rings. The maximum Gasteiger partial charge on any atom is 0.393 e. The fraction of sp³-hybridized carbons (Fsp3) is 0.538. The van der Waals surface area contributed by atoms with Gasteiger partial charge in [-0.15, -0.1) is 0 Å². The van der Waals surface area contributed by atoms with Crippen LogP contribution in [0.4, 0.5) is 13.2 Å². The van der Waals surface area contributed by atoms with E-state index in [4.69, 9.17) is 4.74 Å². The molecule has 96 valence electrons. The predicted molar refractivity (Wildman–Crippen MR) is 61.5 cm³/mol. The molecule has 0 heterocycles. The van der Waals surface area contributed by atoms with E-state index >= 15 is 0 Å². The van der Waals surface area contributed by atoms with Gasteiger partial charge in [0.1, 0.15) is 5.75 Å². The van der Waals surface area contributed by atoms with Gasteiger partial charge in [0.05, 0.1) is 13.5 Å². The first kappa shape index (κ1) is 13.9. The molecule has 1 nitrogen and oxygen atoms in total. The van der Waals surface area contributed by atoms with Crippen LogP contribution in [0.1, 0.15) is 31.9 Å². The number of alkyl halides is 3. The van der Waals surface area contributed by atoms with Gasteiger partial charge in [-0.05, 0) is 17.0 Å². The lowest BCUT2D eigenvalue weighted by molar-refractivity contribution is -0.127. The van der Waals surface area contributed by atoms with Crippen LogP contribution in [0.2, 0.25) is 0 Å². The summed E-state index contributed by atoms with van der Waals surface area (Å²) >= 11 is 0. The van der Waals surface area contributed by atoms with Crippen LogP contribution in [-0.4, -0.2) is 13.3 Å². The maximum absolute atomic E-state index is 12.4. The Hall–Kier alpha value is -1.19. The SMILES string of the molecule is COc1ccc(C(C)(C)C)cc1CC(F)(F)F. The smallest absolute Gasteiger partial charge is 0.393 e. The van der Waals surface area contributed by atoms with Crippen molar-refractivity contribution in [2.24, 2.45) is 0 Å². The number of halogens is 3. The molecule has 0 aromatic heterocycles. The van der Waals surface area contributed by atoms with Crippen LogP contribution in [0.3, 0.4) is 0 Å². The largest absolute Gasteiger partial charge is 0.496 e. The summed E-state index contributed by atoms with van der Waals surface area (Å²) in [5, 5.41) is 0. The molecule has 0 saturated heterocycles. The van der Waals surface area contributed by atoms with Gasteiger partial charge in [-0.2, -0.15) is 13.2 Å². The molecule has 0 N–H and O–H groups in total. The highest BCUT2D eigenvalue weighted by atomic mass is 19.4. The minimum atomic E-state index is -4.22. The van der Waals surface area contributed by atoms with Gasteiger partial charge in [-0.1, -0.05) is 32.9 Å². The Bertz CT molecular complexity index is 389. The molecule has 0 fully saturated rings. The molecule has 0 spiro atoms. The van der Waals surface area contributed by atoms with Gasteiger partial charge in [0.2, 0.25) is 0 Å². The Morgan fingerprint density at radius 2 is 1.71 bits per heavy atom. The van der Waals surface area contributed by atoms with E-state index in [0.29, 0.717) is 0 Å². The summed E-state index contributed by atoms with van der Waals surface area (Å²) in [5.74, 6) is 0.287. The second kappa shape index (κ2) is 4.59. The Kier molecular flexibility index (Phi) is 3.74. The minimum Gasteiger partial charge on any atom is -0.496 e. The first-order valence-electron chi connectivity index (χ1n) is 5.37. The predicted octanol–water partition coefficient (Wildman–Crippen LogP) is 4.10. The van der Waals surface area contributed by atoms with Gasteiger partial charge in [0.25, 0.3) is 0 Å². The number of hydrogen-bond donors (Lipinski definition) is 0. The molecule has 0 amide bonds. The van der Waals surface area contributed by atoms with E-state index in [1.54, 1.807) is 18.2 Å². The number of hydrogen-bond acceptors (Lipinski definition) is 1. The molecule has 0 aliphatic heterocycles. The molecule has 4 heteroatoms. The molecule has 1 aromatic carbocycles. The van der Waals surface area contributed by atoms with Gasteiger partial charge >= 0.3 is 6.18 Å². The lowest BCUT2D eigenvalue weighted by atomic mass is 9.85. The molecule has 0 unspecified atom stereocenters. The van der Waals surface area contributed by atoms with Gasteiger partial charge in [-0.25, -0.2) is 0 Å². The normalized spacial score (nSPS) is 12.6. The van der Waals surface area contributed by atoms with E-state index in [9.17, 15) is 13.2 Å². The molecule has 0 radical (unpaired) electrons. The summed E-state index contributed by atoms with van der Waals surface area (Å²) in [6.07, 6.45) is -5.18. The highest BCUT2D eigenvalue weighted by molar-refractivity contribution is 5.40. The Balaban J connectivity index is 3.16. The molecule has 0 saturated carbocycles. The number of rotatable bonds is 2. The third kappa shape index (κ3) is 3.95. The van der Waals surface area contributed by atoms with Crippen LogP contribution in [0.25, 0.3) is 0 Å². The van der Waals surface area contributed by atoms with Crippen molar-refractivity contribution in [1.82, 2.24) is 0 Å². The van der Waals surface area contributed by atoms with Crippen LogP contribution >= 0.6 is 0 Å². The van der Waals surface area contributed by atoms with E-state index in [1.807, 2.05) is 20.8 Å². The first-order valence-corrected chi connectivity index (χ1v) is 5.37. The summed E-state index contributed by atoms with van der Waals surface area (Å²) in [7, 11) is 1.38. The number of ether oxygens (including phenoxy) is 1. The fourth-order valence-corrected chi connectivity index (χ4v) is 1.60. The van der Waals surface area contributed by atoms with E-state index in [0.717, 1.165) is 5.56 Å². The molecular weight excluding hydrogens is 229 g/mol. The second-order valence-electron chi connectivity index (χ2n) is 5.07. The van der Waals surface area contributed by atoms with Crippen molar-refractivity contribution in [2.45, 2.75) is 38.8 Å². The van der Waals surface area contributed by atoms with Crippen LogP contribution < -0.4 is 4.74 Å². The Labute approximate surface area is 99.6 Å². The highest BCUT2D eigenvalue weighted by Crippen LogP contribution is 2.32. The average molecular weight is 246 g/mol. The van der Waals surface area contributed by atoms with Crippen molar-refractivity contribution in [3.63, 3.8) is 0 Å². The Morgan fingerprint density at radius 3 is 2.12 bits per heavy atom. The Morgan fingerprint density at radius 1 is 1.12 bits per heavy atom. The zero-order valence-electron chi connectivity index (χ0n) is 10.5. The van der Waals surface area contributed by atoms with E-state index in [-0.39, 0.29) is 16.7 Å². The molecule has 0 atom stereocenters. The summed E-state index contributed by atoms with van der Waals surface area (Å²) in [6.45, 7) is 5.89. The zero-order chi connectivity index (χ0) is 13.3. The topological polar surface area (TPSA) is 9.23 Å². The molecule has 0 bridgehead atoms. The zero-order valence-corrected chi connectivity index (χ0v) is 10.5. The summed E-state index contributed by atoms with van der Waals surface area (Å²) in [5.41, 5.74) is 0.886. The van der Waals surface area contributed by atoms with Crippen LogP contribution in [0.15, 0.2) is 18.2 Å². The van der Waals surface area contributed by atoms with Gasteiger partial charge in [0.15, 0.2) is 0 Å². The van der Waals surface area contributed by atoms with Crippen molar-refractivity contribution in [3.05, 3.63) is 29.3 Å². The van der Waals surface area contributed by atoms with Gasteiger partial charge < -0.3 is 4.74 Å². The van der Waals surface area contributed by atoms with Crippen molar-refractivity contribution >= 4 is 0 Å². The number of benzene rings is 1. The van der Waals surface area contributed by atoms with Crippen LogP contribution in [0, 0.1) is 0 Å². The van der Waals surface area contributed by atoms with Gasteiger partial charge in [-0.3, -0.25) is 0 Å². The summed E-state index contributed by atoms with van der Waals surface area (Å²) < 4.78 is 42.3. The lowest BCUT2D eigenvalue weighted by Crippen LogP contribution is -2.15. The highest BCUT2D eigenvalue weighted by Gasteiger charge is 2.30. The van der Waals surface area contributed by atoms with Crippen molar-refractivity contribution in [3.8, 4) is 5.75 Å². The molecule has 17 heavy (non-hydrogen) atoms. The average Bonchev–Trinajstić information content (AvgIpc) is 2.13. The van der Waals surface area contributed by atoms with Crippen molar-refractivity contribution in [1.29, 1.82) is 0 Å². The second-order valence-corrected chi connectivity index (χ2v) is 5.07. The minimum absolute atomic E-state index is 0.174. The molecule has 0 aliphatic rings. The van der Waals surface area contributed by atoms with Gasteiger partial charge in [0, 0.05) is 5.56 Å². The third-order valence-electron chi connectivity index (χ3n) is 2.54. The monoisotopic (exact) mass is 246 g/mol. The van der Waals surface area contributed by atoms with Crippen molar-refractivity contribution in [2.75, 3.05) is 7.11 Å². The van der Waals surface area contributed by atoms with E-state index < -0.39 is 12.6 Å². The number of methoxy groups -OCH3 is 1. The molecule has 0 aliphatic carbocycles. The van der Waals surface area contributed by atoms with Crippen LogP contribution in [-0.2, 0) is 11.8 Å². The fourth-order valence-electron chi connectivity index (χ4n) is 1.60. The quantitative estimate of drug-likeness (QED) is 0.763. The maximum atomic E-state index is 12.4. The first-order chi connectivity index (χ1) is 7.63. The van der Waals surface area contributed by atoms with E-state index in [1.165, 1.54) is 7.11 Å². The lowest BCUT2D eigenvalue weighted by Gasteiger charge is -2.21. The molecule has 1 rings (SSSR count). The van der Waals surface area contributed by atoms with Crippen molar-refractivity contribution < 1.29 is 17.9 Å².